The van der Waals surface area contributed by atoms with E-state index in [1.807, 2.05) is 0 Å². The molecule has 0 bridgehead atoms. The van der Waals surface area contributed by atoms with Crippen LogP contribution in [0, 0.1) is 11.3 Å². The molecule has 1 rings (SSSR count). The van der Waals surface area contributed by atoms with Crippen LogP contribution in [0.3, 0.4) is 0 Å². The van der Waals surface area contributed by atoms with Crippen LogP contribution in [0.5, 0.6) is 0 Å². The molecule has 1 N–H and O–H groups in total. The average Bonchev–Trinajstić information content (AvgIpc) is 2.27. The van der Waals surface area contributed by atoms with E-state index in [9.17, 15) is 0 Å². The Morgan fingerprint density at radius 2 is 2.00 bits per heavy atom. The smallest absolute Gasteiger partial charge is 0.00668 e. The minimum Gasteiger partial charge on any atom is -0.314 e. The van der Waals surface area contributed by atoms with Gasteiger partial charge in [-0.1, -0.05) is 27.2 Å². The Hall–Kier alpha value is -0.0400. The van der Waals surface area contributed by atoms with Gasteiger partial charge in [0.25, 0.3) is 0 Å². The fourth-order valence-corrected chi connectivity index (χ4v) is 2.68. The van der Waals surface area contributed by atoms with Gasteiger partial charge in [-0.3, -0.25) is 0 Å². The van der Waals surface area contributed by atoms with Gasteiger partial charge in [0, 0.05) is 6.04 Å². The molecule has 1 saturated carbocycles. The number of nitrogens with one attached hydrogen (secondary N) is 1. The van der Waals surface area contributed by atoms with Crippen LogP contribution in [-0.2, 0) is 0 Å². The highest BCUT2D eigenvalue weighted by Crippen LogP contribution is 2.37. The van der Waals surface area contributed by atoms with E-state index in [1.54, 1.807) is 0 Å². The third-order valence-electron chi connectivity index (χ3n) is 3.85. The third-order valence-corrected chi connectivity index (χ3v) is 3.85. The highest BCUT2D eigenvalue weighted by molar-refractivity contribution is 4.80. The van der Waals surface area contributed by atoms with E-state index in [2.05, 4.69) is 33.0 Å². The Morgan fingerprint density at radius 3 is 2.64 bits per heavy atom. The molecule has 0 heterocycles. The monoisotopic (exact) mass is 197 g/mol. The molecule has 1 fully saturated rings. The van der Waals surface area contributed by atoms with E-state index in [0.29, 0.717) is 11.5 Å². The lowest BCUT2D eigenvalue weighted by Gasteiger charge is -2.24. The van der Waals surface area contributed by atoms with Crippen LogP contribution in [0.4, 0.5) is 0 Å². The molecule has 0 amide bonds. The highest BCUT2D eigenvalue weighted by Gasteiger charge is 2.26. The Bertz CT molecular complexity index is 163. The summed E-state index contributed by atoms with van der Waals surface area (Å²) in [6.07, 6.45) is 7.10. The molecule has 1 heteroatoms. The maximum Gasteiger partial charge on any atom is 0.00668 e. The first kappa shape index (κ1) is 12.0. The number of hydrogen-bond donors (Lipinski definition) is 1. The maximum absolute atomic E-state index is 3.57. The van der Waals surface area contributed by atoms with Crippen LogP contribution in [0.25, 0.3) is 0 Å². The van der Waals surface area contributed by atoms with Crippen LogP contribution in [0.15, 0.2) is 0 Å². The van der Waals surface area contributed by atoms with Gasteiger partial charge in [0.2, 0.25) is 0 Å². The molecule has 0 aromatic heterocycles. The SMILES string of the molecule is CCNC(C)C1CCCC(C)(C)CC1. The molecule has 0 aliphatic heterocycles. The van der Waals surface area contributed by atoms with Gasteiger partial charge in [-0.05, 0) is 50.5 Å². The lowest BCUT2D eigenvalue weighted by atomic mass is 9.84. The van der Waals surface area contributed by atoms with Crippen LogP contribution in [-0.4, -0.2) is 12.6 Å². The van der Waals surface area contributed by atoms with Gasteiger partial charge in [0.1, 0.15) is 0 Å². The van der Waals surface area contributed by atoms with Gasteiger partial charge in [0.05, 0.1) is 0 Å². The molecule has 0 spiro atoms. The average molecular weight is 197 g/mol. The van der Waals surface area contributed by atoms with Gasteiger partial charge in [0.15, 0.2) is 0 Å². The molecule has 14 heavy (non-hydrogen) atoms. The molecule has 1 aliphatic rings. The fraction of sp³-hybridized carbons (Fsp3) is 1.00. The summed E-state index contributed by atoms with van der Waals surface area (Å²) in [6.45, 7) is 10.5. The summed E-state index contributed by atoms with van der Waals surface area (Å²) in [6, 6.07) is 0.717. The Kier molecular flexibility index (Phi) is 4.43. The van der Waals surface area contributed by atoms with E-state index < -0.39 is 0 Å². The van der Waals surface area contributed by atoms with Crippen LogP contribution in [0.2, 0.25) is 0 Å². The van der Waals surface area contributed by atoms with Gasteiger partial charge in [-0.25, -0.2) is 0 Å². The third kappa shape index (κ3) is 3.61. The molecular formula is C13H27N. The van der Waals surface area contributed by atoms with Gasteiger partial charge < -0.3 is 5.32 Å². The summed E-state index contributed by atoms with van der Waals surface area (Å²) in [5.41, 5.74) is 0.598. The zero-order valence-corrected chi connectivity index (χ0v) is 10.4. The normalized spacial score (nSPS) is 29.6. The molecular weight excluding hydrogens is 170 g/mol. The molecule has 0 saturated heterocycles. The summed E-state index contributed by atoms with van der Waals surface area (Å²) in [4.78, 5) is 0. The first-order valence-corrected chi connectivity index (χ1v) is 6.28. The lowest BCUT2D eigenvalue weighted by molar-refractivity contribution is 0.293. The summed E-state index contributed by atoms with van der Waals surface area (Å²) < 4.78 is 0. The summed E-state index contributed by atoms with van der Waals surface area (Å²) in [7, 11) is 0. The number of hydrogen-bond acceptors (Lipinski definition) is 1. The van der Waals surface area contributed by atoms with Crippen molar-refractivity contribution in [2.24, 2.45) is 11.3 Å². The summed E-state index contributed by atoms with van der Waals surface area (Å²) in [5, 5.41) is 3.57. The zero-order valence-electron chi connectivity index (χ0n) is 10.4. The fourth-order valence-electron chi connectivity index (χ4n) is 2.68. The molecule has 84 valence electrons. The van der Waals surface area contributed by atoms with Crippen molar-refractivity contribution in [1.29, 1.82) is 0 Å². The van der Waals surface area contributed by atoms with E-state index in [4.69, 9.17) is 0 Å². The quantitative estimate of drug-likeness (QED) is 0.682. The van der Waals surface area contributed by atoms with Crippen LogP contribution in [0.1, 0.15) is 59.8 Å². The molecule has 0 aromatic rings. The second kappa shape index (κ2) is 5.16. The van der Waals surface area contributed by atoms with E-state index in [0.717, 1.165) is 12.5 Å². The van der Waals surface area contributed by atoms with Crippen molar-refractivity contribution in [3.8, 4) is 0 Å². The van der Waals surface area contributed by atoms with Crippen molar-refractivity contribution in [1.82, 2.24) is 5.32 Å². The number of rotatable bonds is 3. The minimum absolute atomic E-state index is 0.598. The predicted molar refractivity (Wildman–Crippen MR) is 63.5 cm³/mol. The molecule has 1 nitrogen and oxygen atoms in total. The van der Waals surface area contributed by atoms with Gasteiger partial charge >= 0.3 is 0 Å². The molecule has 0 aromatic carbocycles. The minimum atomic E-state index is 0.598. The lowest BCUT2D eigenvalue weighted by Crippen LogP contribution is -2.33. The molecule has 2 atom stereocenters. The van der Waals surface area contributed by atoms with Crippen molar-refractivity contribution < 1.29 is 0 Å². The second-order valence-corrected chi connectivity index (χ2v) is 5.70. The van der Waals surface area contributed by atoms with E-state index in [-0.39, 0.29) is 0 Å². The zero-order chi connectivity index (χ0) is 10.6. The molecule has 2 unspecified atom stereocenters. The summed E-state index contributed by atoms with van der Waals surface area (Å²) in [5.74, 6) is 0.914. The standard InChI is InChI=1S/C13H27N/c1-5-14-11(2)12-7-6-9-13(3,4)10-8-12/h11-12,14H,5-10H2,1-4H3. The van der Waals surface area contributed by atoms with Crippen molar-refractivity contribution in [2.45, 2.75) is 65.8 Å². The second-order valence-electron chi connectivity index (χ2n) is 5.70. The largest absolute Gasteiger partial charge is 0.314 e. The Morgan fingerprint density at radius 1 is 1.29 bits per heavy atom. The van der Waals surface area contributed by atoms with Gasteiger partial charge in [-0.15, -0.1) is 0 Å². The van der Waals surface area contributed by atoms with Crippen molar-refractivity contribution in [3.05, 3.63) is 0 Å². The van der Waals surface area contributed by atoms with E-state index >= 15 is 0 Å². The highest BCUT2D eigenvalue weighted by atomic mass is 14.9. The first-order valence-electron chi connectivity index (χ1n) is 6.28. The maximum atomic E-state index is 3.57. The van der Waals surface area contributed by atoms with Crippen molar-refractivity contribution in [3.63, 3.8) is 0 Å². The van der Waals surface area contributed by atoms with E-state index in [1.165, 1.54) is 32.1 Å². The molecule has 0 radical (unpaired) electrons. The Labute approximate surface area is 89.7 Å². The van der Waals surface area contributed by atoms with Crippen LogP contribution < -0.4 is 5.32 Å². The molecule has 1 aliphatic carbocycles. The Balaban J connectivity index is 2.41. The predicted octanol–water partition coefficient (Wildman–Crippen LogP) is 3.59. The van der Waals surface area contributed by atoms with Crippen molar-refractivity contribution >= 4 is 0 Å². The summed E-state index contributed by atoms with van der Waals surface area (Å²) >= 11 is 0. The topological polar surface area (TPSA) is 12.0 Å². The van der Waals surface area contributed by atoms with Crippen LogP contribution >= 0.6 is 0 Å². The first-order chi connectivity index (χ1) is 6.55. The van der Waals surface area contributed by atoms with Crippen molar-refractivity contribution in [2.75, 3.05) is 6.54 Å². The van der Waals surface area contributed by atoms with Gasteiger partial charge in [-0.2, -0.15) is 0 Å².